The highest BCUT2D eigenvalue weighted by atomic mass is 17.5. The van der Waals surface area contributed by atoms with Gasteiger partial charge in [-0.15, -0.1) is 0 Å². The first-order valence-electron chi connectivity index (χ1n) is 8.41. The average Bonchev–Trinajstić information content (AvgIpc) is 2.52. The van der Waals surface area contributed by atoms with Crippen molar-refractivity contribution < 1.29 is 34.6 Å². The monoisotopic (exact) mass is 334 g/mol. The number of aliphatic hydroxyl groups excluding tert-OH is 2. The smallest absolute Gasteiger partial charge is 0.352 e. The van der Waals surface area contributed by atoms with Crippen molar-refractivity contribution in [2.75, 3.05) is 0 Å². The maximum atomic E-state index is 11.8. The molecular formula is C16H30O7. The van der Waals surface area contributed by atoms with Crippen molar-refractivity contribution in [1.29, 1.82) is 0 Å². The highest BCUT2D eigenvalue weighted by Crippen LogP contribution is 2.18. The van der Waals surface area contributed by atoms with Gasteiger partial charge in [0.05, 0.1) is 18.1 Å². The van der Waals surface area contributed by atoms with Gasteiger partial charge < -0.3 is 10.2 Å². The third-order valence-corrected chi connectivity index (χ3v) is 3.60. The van der Waals surface area contributed by atoms with E-state index in [2.05, 4.69) is 21.7 Å². The van der Waals surface area contributed by atoms with Crippen LogP contribution in [0.4, 0.5) is 0 Å². The van der Waals surface area contributed by atoms with E-state index in [1.54, 1.807) is 13.8 Å². The molecule has 0 aliphatic carbocycles. The fourth-order valence-corrected chi connectivity index (χ4v) is 2.16. The molecule has 0 aromatic rings. The number of carbonyl (C=O) groups excluding carboxylic acids is 2. The minimum Gasteiger partial charge on any atom is -0.390 e. The van der Waals surface area contributed by atoms with Crippen LogP contribution in [0.25, 0.3) is 0 Å². The number of unbranched alkanes of at least 4 members (excludes halogenated alkanes) is 3. The number of carbonyl (C=O) groups is 2. The third-order valence-electron chi connectivity index (χ3n) is 3.60. The Morgan fingerprint density at radius 1 is 0.957 bits per heavy atom. The molecule has 3 atom stereocenters. The largest absolute Gasteiger partial charge is 0.390 e. The zero-order valence-corrected chi connectivity index (χ0v) is 14.3. The molecule has 0 radical (unpaired) electrons. The summed E-state index contributed by atoms with van der Waals surface area (Å²) in [4.78, 5) is 31.5. The molecule has 3 unspecified atom stereocenters. The first kappa shape index (κ1) is 21.8. The van der Waals surface area contributed by atoms with Crippen LogP contribution in [0, 0.1) is 5.92 Å². The third kappa shape index (κ3) is 9.53. The Kier molecular flexibility index (Phi) is 12.6. The Morgan fingerprint density at radius 3 is 2.22 bits per heavy atom. The molecule has 0 saturated heterocycles. The van der Waals surface area contributed by atoms with Crippen LogP contribution in [-0.4, -0.2) is 34.4 Å². The van der Waals surface area contributed by atoms with E-state index in [0.717, 1.165) is 25.7 Å². The summed E-state index contributed by atoms with van der Waals surface area (Å²) in [5.74, 6) is -2.47. The fraction of sp³-hybridized carbons (Fsp3) is 0.875. The standard InChI is InChI=1S/C16H30O7/c1-4-7-8-9-11-13(17)15(19)12(6-3)16(20)22-23-21-14(18)10-5-2/h12-13,15,17,19H,4-11H2,1-3H3. The van der Waals surface area contributed by atoms with Crippen molar-refractivity contribution in [1.82, 2.24) is 0 Å². The number of hydrogen-bond acceptors (Lipinski definition) is 7. The zero-order valence-electron chi connectivity index (χ0n) is 14.3. The molecule has 0 aliphatic heterocycles. The normalized spacial score (nSPS) is 14.8. The van der Waals surface area contributed by atoms with Crippen LogP contribution in [0.3, 0.4) is 0 Å². The van der Waals surface area contributed by atoms with Gasteiger partial charge in [-0.3, -0.25) is 9.78 Å². The Bertz CT molecular complexity index is 332. The highest BCUT2D eigenvalue weighted by molar-refractivity contribution is 5.72. The van der Waals surface area contributed by atoms with Gasteiger partial charge in [-0.25, -0.2) is 9.59 Å². The molecule has 0 aromatic heterocycles. The minimum absolute atomic E-state index is 0.147. The lowest BCUT2D eigenvalue weighted by molar-refractivity contribution is -0.461. The van der Waals surface area contributed by atoms with E-state index in [1.807, 2.05) is 0 Å². The Labute approximate surface area is 137 Å². The lowest BCUT2D eigenvalue weighted by Crippen LogP contribution is -2.38. The summed E-state index contributed by atoms with van der Waals surface area (Å²) in [6.07, 6.45) is 3.05. The fourth-order valence-electron chi connectivity index (χ4n) is 2.16. The number of rotatable bonds is 13. The van der Waals surface area contributed by atoms with Crippen LogP contribution in [0.1, 0.15) is 72.1 Å². The molecule has 136 valence electrons. The molecule has 0 rings (SSSR count). The summed E-state index contributed by atoms with van der Waals surface area (Å²) in [5, 5.41) is 24.2. The van der Waals surface area contributed by atoms with Gasteiger partial charge in [-0.1, -0.05) is 46.5 Å². The van der Waals surface area contributed by atoms with Crippen LogP contribution < -0.4 is 0 Å². The van der Waals surface area contributed by atoms with Gasteiger partial charge in [0.1, 0.15) is 0 Å². The molecule has 0 amide bonds. The minimum atomic E-state index is -1.25. The first-order valence-corrected chi connectivity index (χ1v) is 8.41. The van der Waals surface area contributed by atoms with Crippen molar-refractivity contribution in [3.05, 3.63) is 0 Å². The van der Waals surface area contributed by atoms with Crippen LogP contribution in [0.15, 0.2) is 0 Å². The van der Waals surface area contributed by atoms with Crippen molar-refractivity contribution in [2.45, 2.75) is 84.3 Å². The summed E-state index contributed by atoms with van der Waals surface area (Å²) in [6, 6.07) is 0. The van der Waals surface area contributed by atoms with E-state index in [0.29, 0.717) is 12.8 Å². The highest BCUT2D eigenvalue weighted by Gasteiger charge is 2.32. The van der Waals surface area contributed by atoms with Gasteiger partial charge in [-0.05, 0) is 19.3 Å². The molecule has 7 heteroatoms. The van der Waals surface area contributed by atoms with E-state index in [9.17, 15) is 19.8 Å². The molecule has 0 fully saturated rings. The molecule has 0 bridgehead atoms. The van der Waals surface area contributed by atoms with E-state index in [-0.39, 0.29) is 12.8 Å². The molecule has 2 N–H and O–H groups in total. The Balaban J connectivity index is 4.21. The van der Waals surface area contributed by atoms with Gasteiger partial charge in [0.15, 0.2) is 0 Å². The quantitative estimate of drug-likeness (QED) is 0.303. The Morgan fingerprint density at radius 2 is 1.65 bits per heavy atom. The predicted octanol–water partition coefficient (Wildman–Crippen LogP) is 2.44. The maximum absolute atomic E-state index is 11.8. The van der Waals surface area contributed by atoms with Crippen LogP contribution in [-0.2, 0) is 24.4 Å². The zero-order chi connectivity index (χ0) is 17.7. The molecule has 7 nitrogen and oxygen atoms in total. The number of aliphatic hydroxyl groups is 2. The molecule has 0 aliphatic rings. The summed E-state index contributed by atoms with van der Waals surface area (Å²) < 4.78 is 0. The number of hydrogen-bond donors (Lipinski definition) is 2. The van der Waals surface area contributed by atoms with Gasteiger partial charge in [-0.2, -0.15) is 0 Å². The average molecular weight is 334 g/mol. The van der Waals surface area contributed by atoms with Gasteiger partial charge in [0.25, 0.3) is 0 Å². The van der Waals surface area contributed by atoms with E-state index in [1.165, 1.54) is 0 Å². The van der Waals surface area contributed by atoms with Gasteiger partial charge >= 0.3 is 11.9 Å². The van der Waals surface area contributed by atoms with Crippen molar-refractivity contribution in [2.24, 2.45) is 5.92 Å². The second-order valence-corrected chi connectivity index (χ2v) is 5.60. The molecule has 0 saturated carbocycles. The summed E-state index contributed by atoms with van der Waals surface area (Å²) in [7, 11) is 0. The maximum Gasteiger partial charge on any atom is 0.352 e. The lowest BCUT2D eigenvalue weighted by atomic mass is 9.92. The summed E-state index contributed by atoms with van der Waals surface area (Å²) in [6.45, 7) is 5.56. The lowest BCUT2D eigenvalue weighted by Gasteiger charge is -2.23. The molecule has 0 aromatic carbocycles. The topological polar surface area (TPSA) is 102 Å². The molecule has 23 heavy (non-hydrogen) atoms. The summed E-state index contributed by atoms with van der Waals surface area (Å²) >= 11 is 0. The first-order chi connectivity index (χ1) is 11.0. The molecular weight excluding hydrogens is 304 g/mol. The van der Waals surface area contributed by atoms with Crippen molar-refractivity contribution >= 4 is 11.9 Å². The van der Waals surface area contributed by atoms with Crippen molar-refractivity contribution in [3.63, 3.8) is 0 Å². The van der Waals surface area contributed by atoms with Crippen LogP contribution >= 0.6 is 0 Å². The molecule has 0 heterocycles. The Hall–Kier alpha value is -1.18. The second kappa shape index (κ2) is 13.3. The van der Waals surface area contributed by atoms with E-state index >= 15 is 0 Å². The van der Waals surface area contributed by atoms with Crippen LogP contribution in [0.2, 0.25) is 0 Å². The SMILES string of the molecule is CCCCCCC(O)C(O)C(CC)C(=O)OOOC(=O)CCC. The van der Waals surface area contributed by atoms with Gasteiger partial charge in [0, 0.05) is 11.5 Å². The van der Waals surface area contributed by atoms with Crippen molar-refractivity contribution in [3.8, 4) is 0 Å². The van der Waals surface area contributed by atoms with Gasteiger partial charge in [0.2, 0.25) is 0 Å². The summed E-state index contributed by atoms with van der Waals surface area (Å²) in [5.41, 5.74) is 0. The van der Waals surface area contributed by atoms with E-state index < -0.39 is 30.1 Å². The second-order valence-electron chi connectivity index (χ2n) is 5.60. The predicted molar refractivity (Wildman–Crippen MR) is 82.7 cm³/mol. The van der Waals surface area contributed by atoms with Crippen LogP contribution in [0.5, 0.6) is 0 Å². The van der Waals surface area contributed by atoms with E-state index in [4.69, 9.17) is 0 Å². The molecule has 0 spiro atoms.